The molecule has 0 bridgehead atoms. The molecule has 2 aromatic heterocycles. The molecule has 3 aromatic rings. The molecule has 5 rings (SSSR count). The zero-order valence-electron chi connectivity index (χ0n) is 23.6. The van der Waals surface area contributed by atoms with Crippen LogP contribution >= 0.6 is 23.8 Å². The van der Waals surface area contributed by atoms with Gasteiger partial charge in [0.2, 0.25) is 0 Å². The molecule has 4 heterocycles. The van der Waals surface area contributed by atoms with Crippen molar-refractivity contribution in [2.75, 3.05) is 24.5 Å². The first kappa shape index (κ1) is 28.7. The van der Waals surface area contributed by atoms with Crippen molar-refractivity contribution >= 4 is 40.5 Å². The van der Waals surface area contributed by atoms with Crippen LogP contribution in [0.4, 0.5) is 5.82 Å². The topological polar surface area (TPSA) is 52.6 Å². The molecule has 8 heteroatoms. The number of aromatic nitrogens is 2. The Morgan fingerprint density at radius 1 is 1.10 bits per heavy atom. The Balaban J connectivity index is 1.18. The average Bonchev–Trinajstić information content (AvgIpc) is 3.30. The van der Waals surface area contributed by atoms with E-state index in [-0.39, 0.29) is 11.8 Å². The SMILES string of the molecule is Cc1cc(Cl)nc(C)c1C(=O)CCCC(C)N1CCC(N2C(=S)N(c3ccccn3)C[C@H]2c2ccccc2)CC1. The van der Waals surface area contributed by atoms with Crippen molar-refractivity contribution in [3.8, 4) is 0 Å². The van der Waals surface area contributed by atoms with Crippen LogP contribution in [0.15, 0.2) is 60.8 Å². The van der Waals surface area contributed by atoms with Gasteiger partial charge in [0.1, 0.15) is 11.0 Å². The lowest BCUT2D eigenvalue weighted by molar-refractivity contribution is 0.0953. The molecule has 1 aromatic carbocycles. The number of ketones is 1. The molecule has 0 N–H and O–H groups in total. The Kier molecular flexibility index (Phi) is 9.13. The molecule has 210 valence electrons. The molecule has 0 radical (unpaired) electrons. The summed E-state index contributed by atoms with van der Waals surface area (Å²) < 4.78 is 0. The van der Waals surface area contributed by atoms with Gasteiger partial charge >= 0.3 is 0 Å². The lowest BCUT2D eigenvalue weighted by Crippen LogP contribution is -2.49. The number of carbonyl (C=O) groups is 1. The highest BCUT2D eigenvalue weighted by Gasteiger charge is 2.41. The molecule has 0 amide bonds. The summed E-state index contributed by atoms with van der Waals surface area (Å²) in [5.74, 6) is 1.08. The smallest absolute Gasteiger partial charge is 0.178 e. The van der Waals surface area contributed by atoms with Crippen molar-refractivity contribution in [2.45, 2.75) is 71.0 Å². The molecular formula is C32H38ClN5OS. The zero-order chi connectivity index (χ0) is 28.2. The van der Waals surface area contributed by atoms with E-state index in [1.807, 2.05) is 38.2 Å². The third-order valence-electron chi connectivity index (χ3n) is 8.44. The van der Waals surface area contributed by atoms with Gasteiger partial charge in [-0.25, -0.2) is 9.97 Å². The molecule has 40 heavy (non-hydrogen) atoms. The van der Waals surface area contributed by atoms with Crippen molar-refractivity contribution in [1.82, 2.24) is 19.8 Å². The number of halogens is 1. The molecule has 2 fully saturated rings. The maximum absolute atomic E-state index is 12.9. The van der Waals surface area contributed by atoms with E-state index in [2.05, 4.69) is 61.9 Å². The third-order valence-corrected chi connectivity index (χ3v) is 9.06. The van der Waals surface area contributed by atoms with Crippen molar-refractivity contribution in [3.05, 3.63) is 88.3 Å². The minimum absolute atomic E-state index is 0.164. The highest BCUT2D eigenvalue weighted by atomic mass is 35.5. The summed E-state index contributed by atoms with van der Waals surface area (Å²) in [6.45, 7) is 8.97. The van der Waals surface area contributed by atoms with Gasteiger partial charge in [-0.2, -0.15) is 0 Å². The van der Waals surface area contributed by atoms with Crippen molar-refractivity contribution in [3.63, 3.8) is 0 Å². The van der Waals surface area contributed by atoms with E-state index in [0.29, 0.717) is 23.7 Å². The number of benzene rings is 1. The first-order valence-electron chi connectivity index (χ1n) is 14.3. The summed E-state index contributed by atoms with van der Waals surface area (Å²) in [5.41, 5.74) is 3.66. The molecule has 0 aliphatic carbocycles. The second kappa shape index (κ2) is 12.8. The van der Waals surface area contributed by atoms with Crippen LogP contribution in [0.3, 0.4) is 0 Å². The number of Topliss-reactive ketones (excluding diaryl/α,β-unsaturated/α-hetero) is 1. The maximum atomic E-state index is 12.9. The van der Waals surface area contributed by atoms with E-state index in [0.717, 1.165) is 73.1 Å². The molecule has 0 spiro atoms. The molecule has 2 saturated heterocycles. The Labute approximate surface area is 248 Å². The molecule has 2 aliphatic heterocycles. The largest absolute Gasteiger partial charge is 0.337 e. The number of pyridine rings is 2. The van der Waals surface area contributed by atoms with Crippen LogP contribution in [0, 0.1) is 13.8 Å². The van der Waals surface area contributed by atoms with Crippen LogP contribution < -0.4 is 4.90 Å². The van der Waals surface area contributed by atoms with Gasteiger partial charge < -0.3 is 14.7 Å². The number of nitrogens with zero attached hydrogens (tertiary/aromatic N) is 5. The van der Waals surface area contributed by atoms with Gasteiger partial charge in [0.25, 0.3) is 0 Å². The molecule has 2 atom stereocenters. The second-order valence-corrected chi connectivity index (χ2v) is 11.8. The normalized spacial score (nSPS) is 19.3. The predicted molar refractivity (Wildman–Crippen MR) is 166 cm³/mol. The van der Waals surface area contributed by atoms with E-state index in [1.54, 1.807) is 6.07 Å². The fourth-order valence-corrected chi connectivity index (χ4v) is 7.08. The third kappa shape index (κ3) is 6.22. The molecular weight excluding hydrogens is 538 g/mol. The van der Waals surface area contributed by atoms with Crippen LogP contribution in [0.25, 0.3) is 0 Å². The van der Waals surface area contributed by atoms with Gasteiger partial charge in [0.15, 0.2) is 10.9 Å². The fourth-order valence-electron chi connectivity index (χ4n) is 6.35. The average molecular weight is 576 g/mol. The highest BCUT2D eigenvalue weighted by Crippen LogP contribution is 2.37. The van der Waals surface area contributed by atoms with E-state index in [4.69, 9.17) is 23.8 Å². The van der Waals surface area contributed by atoms with Gasteiger partial charge in [-0.3, -0.25) is 4.79 Å². The number of thiocarbonyl (C=S) groups is 1. The van der Waals surface area contributed by atoms with Crippen LogP contribution in [0.5, 0.6) is 0 Å². The quantitative estimate of drug-likeness (QED) is 0.158. The van der Waals surface area contributed by atoms with E-state index >= 15 is 0 Å². The summed E-state index contributed by atoms with van der Waals surface area (Å²) >= 11 is 12.1. The maximum Gasteiger partial charge on any atom is 0.178 e. The number of hydrogen-bond acceptors (Lipinski definition) is 5. The minimum atomic E-state index is 0.164. The monoisotopic (exact) mass is 575 g/mol. The molecule has 1 unspecified atom stereocenters. The van der Waals surface area contributed by atoms with E-state index in [1.165, 1.54) is 5.56 Å². The number of anilines is 1. The summed E-state index contributed by atoms with van der Waals surface area (Å²) in [7, 11) is 0. The molecule has 2 aliphatic rings. The highest BCUT2D eigenvalue weighted by molar-refractivity contribution is 7.80. The van der Waals surface area contributed by atoms with Crippen molar-refractivity contribution < 1.29 is 4.79 Å². The first-order chi connectivity index (χ1) is 19.3. The van der Waals surface area contributed by atoms with Gasteiger partial charge in [-0.05, 0) is 88.0 Å². The predicted octanol–water partition coefficient (Wildman–Crippen LogP) is 6.80. The number of piperidine rings is 1. The molecule has 6 nitrogen and oxygen atoms in total. The minimum Gasteiger partial charge on any atom is -0.337 e. The second-order valence-electron chi connectivity index (χ2n) is 11.1. The Bertz CT molecular complexity index is 1310. The number of carbonyl (C=O) groups excluding carboxylic acids is 1. The van der Waals surface area contributed by atoms with E-state index in [9.17, 15) is 4.79 Å². The van der Waals surface area contributed by atoms with Gasteiger partial charge in [-0.1, -0.05) is 48.0 Å². The lowest BCUT2D eigenvalue weighted by Gasteiger charge is -2.42. The summed E-state index contributed by atoms with van der Waals surface area (Å²) in [4.78, 5) is 29.1. The van der Waals surface area contributed by atoms with Gasteiger partial charge in [0, 0.05) is 43.4 Å². The Morgan fingerprint density at radius 2 is 1.82 bits per heavy atom. The standard InChI is InChI=1S/C32H38ClN5OS/c1-22-20-29(33)35-24(3)31(22)28(39)13-9-10-23(2)36-18-15-26(16-19-36)38-27(25-11-5-4-6-12-25)21-37(32(38)40)30-14-7-8-17-34-30/h4-8,11-12,14,17,20,23,26-27H,9-10,13,15-16,18-19,21H2,1-3H3/t23?,27-/m0/s1. The summed E-state index contributed by atoms with van der Waals surface area (Å²) in [5, 5.41) is 1.32. The van der Waals surface area contributed by atoms with Crippen molar-refractivity contribution in [1.29, 1.82) is 0 Å². The number of aryl methyl sites for hydroxylation is 2. The lowest BCUT2D eigenvalue weighted by atomic mass is 9.96. The van der Waals surface area contributed by atoms with Crippen molar-refractivity contribution in [2.24, 2.45) is 0 Å². The number of hydrogen-bond donors (Lipinski definition) is 0. The van der Waals surface area contributed by atoms with Gasteiger partial charge in [-0.15, -0.1) is 0 Å². The number of rotatable bonds is 9. The van der Waals surface area contributed by atoms with Crippen LogP contribution in [-0.4, -0.2) is 62.4 Å². The zero-order valence-corrected chi connectivity index (χ0v) is 25.2. The first-order valence-corrected chi connectivity index (χ1v) is 15.1. The molecule has 0 saturated carbocycles. The summed E-state index contributed by atoms with van der Waals surface area (Å²) in [6, 6.07) is 19.5. The van der Waals surface area contributed by atoms with Crippen LogP contribution in [-0.2, 0) is 0 Å². The number of likely N-dealkylation sites (tertiary alicyclic amines) is 1. The fraction of sp³-hybridized carbons (Fsp3) is 0.438. The van der Waals surface area contributed by atoms with Gasteiger partial charge in [0.05, 0.1) is 18.3 Å². The van der Waals surface area contributed by atoms with Crippen LogP contribution in [0.1, 0.15) is 72.2 Å². The Morgan fingerprint density at radius 3 is 2.50 bits per heavy atom. The Hall–Kier alpha value is -2.87. The van der Waals surface area contributed by atoms with E-state index < -0.39 is 0 Å². The van der Waals surface area contributed by atoms with Crippen LogP contribution in [0.2, 0.25) is 5.15 Å². The summed E-state index contributed by atoms with van der Waals surface area (Å²) in [6.07, 6.45) is 6.37.